The third-order valence-electron chi connectivity index (χ3n) is 6.89. The predicted molar refractivity (Wildman–Crippen MR) is 168 cm³/mol. The van der Waals surface area contributed by atoms with Crippen LogP contribution < -0.4 is 16.0 Å². The molecule has 232 valence electrons. The van der Waals surface area contributed by atoms with Crippen LogP contribution in [0.25, 0.3) is 0 Å². The lowest BCUT2D eigenvalue weighted by atomic mass is 9.89. The highest BCUT2D eigenvalue weighted by Gasteiger charge is 2.27. The van der Waals surface area contributed by atoms with Crippen molar-refractivity contribution in [2.24, 2.45) is 5.92 Å². The van der Waals surface area contributed by atoms with Crippen LogP contribution in [0.4, 0.5) is 11.4 Å². The fourth-order valence-corrected chi connectivity index (χ4v) is 4.62. The Morgan fingerprint density at radius 3 is 1.91 bits per heavy atom. The molecule has 3 rings (SSSR count). The van der Waals surface area contributed by atoms with Crippen molar-refractivity contribution in [3.63, 3.8) is 0 Å². The van der Waals surface area contributed by atoms with Crippen LogP contribution in [0.2, 0.25) is 0 Å². The number of nitro groups is 1. The lowest BCUT2D eigenvalue weighted by Crippen LogP contribution is -2.44. The van der Waals surface area contributed by atoms with Gasteiger partial charge in [-0.25, -0.2) is 4.79 Å². The number of amides is 1. The summed E-state index contributed by atoms with van der Waals surface area (Å²) in [6.45, 7) is 5.89. The molecule has 2 atom stereocenters. The number of anilines is 2. The summed E-state index contributed by atoms with van der Waals surface area (Å²) in [6.07, 6.45) is 1.75. The summed E-state index contributed by atoms with van der Waals surface area (Å²) >= 11 is 0. The van der Waals surface area contributed by atoms with Gasteiger partial charge < -0.3 is 26.2 Å². The molecule has 11 nitrogen and oxygen atoms in total. The van der Waals surface area contributed by atoms with E-state index in [0.717, 1.165) is 17.3 Å². The molecule has 0 saturated heterocycles. The van der Waals surface area contributed by atoms with E-state index in [0.29, 0.717) is 35.3 Å². The van der Waals surface area contributed by atoms with Crippen molar-refractivity contribution in [3.05, 3.63) is 117 Å². The molecule has 3 aromatic rings. The standard InChI is InChI=1S/C33H38N4O7/c1-21(2)18-28(32(40)36-29(33(41)42)19-24-8-6-23(7-9-24)10-17-31(38)39)25-11-15-27(16-12-25)35-30(20-37(43)44)34-26-13-4-22(3)5-14-26/h4-9,11-16,20-21,28-29,34-35H,10,17-19H2,1-3H3,(H,36,40)(H,38,39)(H,41,42)/b30-20-. The van der Waals surface area contributed by atoms with Gasteiger partial charge in [0.05, 0.1) is 10.8 Å². The summed E-state index contributed by atoms with van der Waals surface area (Å²) in [5.41, 5.74) is 4.49. The van der Waals surface area contributed by atoms with Gasteiger partial charge in [0.1, 0.15) is 6.04 Å². The van der Waals surface area contributed by atoms with Crippen molar-refractivity contribution in [3.8, 4) is 0 Å². The van der Waals surface area contributed by atoms with Gasteiger partial charge in [0.2, 0.25) is 5.91 Å². The number of aliphatic carboxylic acids is 2. The number of nitrogens with one attached hydrogen (secondary N) is 3. The Morgan fingerprint density at radius 2 is 1.41 bits per heavy atom. The molecule has 1 amide bonds. The second kappa shape index (κ2) is 15.9. The highest BCUT2D eigenvalue weighted by atomic mass is 16.6. The van der Waals surface area contributed by atoms with E-state index in [4.69, 9.17) is 5.11 Å². The van der Waals surface area contributed by atoms with Crippen LogP contribution in [0, 0.1) is 23.0 Å². The van der Waals surface area contributed by atoms with E-state index < -0.39 is 34.7 Å². The lowest BCUT2D eigenvalue weighted by molar-refractivity contribution is -0.403. The Kier molecular flexibility index (Phi) is 12.0. The number of hydrogen-bond donors (Lipinski definition) is 5. The maximum atomic E-state index is 13.5. The molecule has 0 fully saturated rings. The first-order chi connectivity index (χ1) is 20.9. The highest BCUT2D eigenvalue weighted by molar-refractivity contribution is 5.88. The summed E-state index contributed by atoms with van der Waals surface area (Å²) in [6, 6.07) is 20.2. The molecule has 0 radical (unpaired) electrons. The van der Waals surface area contributed by atoms with Crippen molar-refractivity contribution in [2.45, 2.75) is 58.4 Å². The second-order valence-electron chi connectivity index (χ2n) is 11.1. The SMILES string of the molecule is Cc1ccc(N/C(=C/[N+](=O)[O-])Nc2ccc(C(CC(C)C)C(=O)NC(Cc3ccc(CCC(=O)O)cc3)C(=O)O)cc2)cc1. The molecule has 44 heavy (non-hydrogen) atoms. The second-order valence-corrected chi connectivity index (χ2v) is 11.1. The van der Waals surface area contributed by atoms with Crippen LogP contribution in [0.15, 0.2) is 84.8 Å². The van der Waals surface area contributed by atoms with E-state index in [2.05, 4.69) is 16.0 Å². The van der Waals surface area contributed by atoms with Gasteiger partial charge >= 0.3 is 11.9 Å². The van der Waals surface area contributed by atoms with Crippen LogP contribution >= 0.6 is 0 Å². The van der Waals surface area contributed by atoms with Crippen LogP contribution in [0.1, 0.15) is 54.9 Å². The molecule has 2 unspecified atom stereocenters. The smallest absolute Gasteiger partial charge is 0.326 e. The van der Waals surface area contributed by atoms with Gasteiger partial charge in [-0.05, 0) is 66.6 Å². The molecule has 0 aromatic heterocycles. The summed E-state index contributed by atoms with van der Waals surface area (Å²) in [5, 5.41) is 38.7. The third-order valence-corrected chi connectivity index (χ3v) is 6.89. The molecule has 0 saturated carbocycles. The fraction of sp³-hybridized carbons (Fsp3) is 0.303. The lowest BCUT2D eigenvalue weighted by Gasteiger charge is -2.23. The van der Waals surface area contributed by atoms with Gasteiger partial charge in [0.15, 0.2) is 5.82 Å². The molecule has 0 spiro atoms. The number of nitrogens with zero attached hydrogens (tertiary/aromatic N) is 1. The maximum Gasteiger partial charge on any atom is 0.326 e. The molecule has 0 heterocycles. The average molecular weight is 603 g/mol. The van der Waals surface area contributed by atoms with Gasteiger partial charge in [-0.15, -0.1) is 0 Å². The summed E-state index contributed by atoms with van der Waals surface area (Å²) in [5.74, 6) is -2.80. The topological polar surface area (TPSA) is 171 Å². The average Bonchev–Trinajstić information content (AvgIpc) is 2.96. The number of aryl methyl sites for hydroxylation is 2. The van der Waals surface area contributed by atoms with E-state index in [1.807, 2.05) is 45.0 Å². The summed E-state index contributed by atoms with van der Waals surface area (Å²) < 4.78 is 0. The van der Waals surface area contributed by atoms with E-state index in [1.165, 1.54) is 0 Å². The van der Waals surface area contributed by atoms with E-state index >= 15 is 0 Å². The zero-order valence-corrected chi connectivity index (χ0v) is 24.9. The number of rotatable bonds is 16. The number of carbonyl (C=O) groups is 3. The molecule has 0 aliphatic rings. The Labute approximate surface area is 256 Å². The van der Waals surface area contributed by atoms with Crippen LogP contribution in [-0.4, -0.2) is 39.0 Å². The molecule has 0 aliphatic heterocycles. The van der Waals surface area contributed by atoms with Crippen molar-refractivity contribution < 1.29 is 29.5 Å². The summed E-state index contributed by atoms with van der Waals surface area (Å²) in [7, 11) is 0. The quantitative estimate of drug-likeness (QED) is 0.104. The molecule has 5 N–H and O–H groups in total. The fourth-order valence-electron chi connectivity index (χ4n) is 4.62. The first-order valence-electron chi connectivity index (χ1n) is 14.3. The van der Waals surface area contributed by atoms with Crippen molar-refractivity contribution in [2.75, 3.05) is 10.6 Å². The molecular formula is C33H38N4O7. The predicted octanol–water partition coefficient (Wildman–Crippen LogP) is 5.55. The zero-order valence-electron chi connectivity index (χ0n) is 24.9. The maximum absolute atomic E-state index is 13.5. The van der Waals surface area contributed by atoms with Gasteiger partial charge in [0, 0.05) is 24.2 Å². The Morgan fingerprint density at radius 1 is 0.864 bits per heavy atom. The number of hydrogen-bond acceptors (Lipinski definition) is 7. The van der Waals surface area contributed by atoms with Crippen LogP contribution in [-0.2, 0) is 27.2 Å². The van der Waals surface area contributed by atoms with Gasteiger partial charge in [-0.3, -0.25) is 19.7 Å². The third kappa shape index (κ3) is 10.9. The normalized spacial score (nSPS) is 12.7. The first-order valence-corrected chi connectivity index (χ1v) is 14.3. The van der Waals surface area contributed by atoms with Crippen molar-refractivity contribution in [1.29, 1.82) is 0 Å². The van der Waals surface area contributed by atoms with Crippen molar-refractivity contribution >= 4 is 29.2 Å². The van der Waals surface area contributed by atoms with Crippen molar-refractivity contribution in [1.82, 2.24) is 5.32 Å². The Bertz CT molecular complexity index is 1470. The molecule has 11 heteroatoms. The molecule has 0 bridgehead atoms. The van der Waals surface area contributed by atoms with E-state index in [9.17, 15) is 29.6 Å². The summed E-state index contributed by atoms with van der Waals surface area (Å²) in [4.78, 5) is 47.0. The number of carboxylic acids is 2. The number of benzene rings is 3. The number of carbonyl (C=O) groups excluding carboxylic acids is 1. The Hall–Kier alpha value is -5.19. The minimum atomic E-state index is -1.16. The highest BCUT2D eigenvalue weighted by Crippen LogP contribution is 2.27. The monoisotopic (exact) mass is 602 g/mol. The minimum absolute atomic E-state index is 0.00248. The van der Waals surface area contributed by atoms with E-state index in [-0.39, 0.29) is 24.6 Å². The van der Waals surface area contributed by atoms with E-state index in [1.54, 1.807) is 48.5 Å². The van der Waals surface area contributed by atoms with Crippen LogP contribution in [0.3, 0.4) is 0 Å². The first kappa shape index (κ1) is 33.3. The van der Waals surface area contributed by atoms with Crippen LogP contribution in [0.5, 0.6) is 0 Å². The number of carboxylic acid groups (broad SMARTS) is 2. The Balaban J connectivity index is 1.73. The molecular weight excluding hydrogens is 564 g/mol. The van der Waals surface area contributed by atoms with Gasteiger partial charge in [-0.2, -0.15) is 0 Å². The minimum Gasteiger partial charge on any atom is -0.481 e. The zero-order chi connectivity index (χ0) is 32.2. The van der Waals surface area contributed by atoms with Gasteiger partial charge in [-0.1, -0.05) is 67.9 Å². The largest absolute Gasteiger partial charge is 0.481 e. The van der Waals surface area contributed by atoms with Gasteiger partial charge in [0.25, 0.3) is 6.20 Å². The molecule has 0 aliphatic carbocycles. The molecule has 3 aromatic carbocycles.